The number of nitro benzene ring substituents is 1. The number of hydrogen-bond donors (Lipinski definition) is 1. The number of methoxy groups -OCH3 is 1. The monoisotopic (exact) mass is 307 g/mol. The summed E-state index contributed by atoms with van der Waals surface area (Å²) in [5.41, 5.74) is 0.431. The fourth-order valence-corrected chi connectivity index (χ4v) is 2.58. The Morgan fingerprint density at radius 1 is 1.45 bits per heavy atom. The summed E-state index contributed by atoms with van der Waals surface area (Å²) in [5, 5.41) is 13.5. The number of rotatable bonds is 7. The van der Waals surface area contributed by atoms with Crippen molar-refractivity contribution in [2.75, 3.05) is 39.9 Å². The number of nitrogens with one attached hydrogen (secondary N) is 1. The molecular weight excluding hydrogens is 286 g/mol. The fraction of sp³-hybridized carbons (Fsp3) is 0.533. The van der Waals surface area contributed by atoms with E-state index in [9.17, 15) is 14.9 Å². The number of likely N-dealkylation sites (tertiary alicyclic amines) is 1. The predicted molar refractivity (Wildman–Crippen MR) is 81.9 cm³/mol. The molecule has 1 saturated heterocycles. The topological polar surface area (TPSA) is 84.7 Å². The molecule has 0 radical (unpaired) electrons. The fourth-order valence-electron chi connectivity index (χ4n) is 2.58. The number of non-ortho nitro benzene ring substituents is 1. The SMILES string of the molecule is COCCN1CCC(CNC(=O)c2ccc([N+](=O)[O-])cc2)C1. The molecular formula is C15H21N3O4. The van der Waals surface area contributed by atoms with Crippen LogP contribution in [0.4, 0.5) is 5.69 Å². The summed E-state index contributed by atoms with van der Waals surface area (Å²) < 4.78 is 5.06. The van der Waals surface area contributed by atoms with E-state index < -0.39 is 4.92 Å². The van der Waals surface area contributed by atoms with Gasteiger partial charge in [-0.2, -0.15) is 0 Å². The van der Waals surface area contributed by atoms with Crippen molar-refractivity contribution < 1.29 is 14.5 Å². The van der Waals surface area contributed by atoms with Crippen LogP contribution in [0.2, 0.25) is 0 Å². The molecule has 1 heterocycles. The molecule has 1 aromatic carbocycles. The molecule has 1 aliphatic heterocycles. The average Bonchev–Trinajstić information content (AvgIpc) is 2.98. The van der Waals surface area contributed by atoms with Crippen LogP contribution in [0.5, 0.6) is 0 Å². The Morgan fingerprint density at radius 2 is 2.18 bits per heavy atom. The van der Waals surface area contributed by atoms with E-state index >= 15 is 0 Å². The van der Waals surface area contributed by atoms with Crippen molar-refractivity contribution in [3.8, 4) is 0 Å². The van der Waals surface area contributed by atoms with Gasteiger partial charge >= 0.3 is 0 Å². The minimum atomic E-state index is -0.477. The van der Waals surface area contributed by atoms with E-state index in [-0.39, 0.29) is 11.6 Å². The molecule has 1 N–H and O–H groups in total. The number of hydrogen-bond acceptors (Lipinski definition) is 5. The van der Waals surface area contributed by atoms with E-state index in [0.717, 1.165) is 32.7 Å². The van der Waals surface area contributed by atoms with Gasteiger partial charge in [-0.25, -0.2) is 0 Å². The van der Waals surface area contributed by atoms with Crippen molar-refractivity contribution >= 4 is 11.6 Å². The average molecular weight is 307 g/mol. The molecule has 7 nitrogen and oxygen atoms in total. The lowest BCUT2D eigenvalue weighted by molar-refractivity contribution is -0.384. The van der Waals surface area contributed by atoms with Crippen molar-refractivity contribution in [1.82, 2.24) is 10.2 Å². The summed E-state index contributed by atoms with van der Waals surface area (Å²) in [6.07, 6.45) is 1.06. The van der Waals surface area contributed by atoms with Crippen molar-refractivity contribution in [1.29, 1.82) is 0 Å². The molecule has 22 heavy (non-hydrogen) atoms. The second-order valence-electron chi connectivity index (χ2n) is 5.46. The number of ether oxygens (including phenoxy) is 1. The second-order valence-corrected chi connectivity index (χ2v) is 5.46. The van der Waals surface area contributed by atoms with Crippen LogP contribution in [0, 0.1) is 16.0 Å². The predicted octanol–water partition coefficient (Wildman–Crippen LogP) is 1.29. The molecule has 1 atom stereocenters. The Labute approximate surface area is 129 Å². The summed E-state index contributed by atoms with van der Waals surface area (Å²) in [4.78, 5) is 24.4. The Morgan fingerprint density at radius 3 is 2.82 bits per heavy atom. The van der Waals surface area contributed by atoms with Crippen molar-refractivity contribution in [3.63, 3.8) is 0 Å². The first-order valence-electron chi connectivity index (χ1n) is 7.34. The Balaban J connectivity index is 1.77. The number of nitrogens with zero attached hydrogens (tertiary/aromatic N) is 2. The van der Waals surface area contributed by atoms with E-state index in [1.807, 2.05) is 0 Å². The zero-order valence-corrected chi connectivity index (χ0v) is 12.7. The van der Waals surface area contributed by atoms with Gasteiger partial charge in [0.1, 0.15) is 0 Å². The largest absolute Gasteiger partial charge is 0.383 e. The van der Waals surface area contributed by atoms with Gasteiger partial charge in [0.05, 0.1) is 11.5 Å². The normalized spacial score (nSPS) is 18.3. The van der Waals surface area contributed by atoms with E-state index in [1.54, 1.807) is 7.11 Å². The minimum absolute atomic E-state index is 0.0128. The molecule has 0 bridgehead atoms. The van der Waals surface area contributed by atoms with Crippen LogP contribution < -0.4 is 5.32 Å². The van der Waals surface area contributed by atoms with Crippen LogP contribution in [0.25, 0.3) is 0 Å². The van der Waals surface area contributed by atoms with Crippen LogP contribution in [-0.2, 0) is 4.74 Å². The Kier molecular flexibility index (Phi) is 5.85. The molecule has 1 fully saturated rings. The van der Waals surface area contributed by atoms with Gasteiger partial charge in [-0.05, 0) is 31.0 Å². The van der Waals surface area contributed by atoms with Crippen LogP contribution >= 0.6 is 0 Å². The van der Waals surface area contributed by atoms with Gasteiger partial charge in [-0.1, -0.05) is 0 Å². The highest BCUT2D eigenvalue weighted by atomic mass is 16.6. The van der Waals surface area contributed by atoms with E-state index in [4.69, 9.17) is 4.74 Å². The van der Waals surface area contributed by atoms with Gasteiger partial charge in [0.2, 0.25) is 0 Å². The summed E-state index contributed by atoms with van der Waals surface area (Å²) in [7, 11) is 1.69. The molecule has 0 aliphatic carbocycles. The lowest BCUT2D eigenvalue weighted by Gasteiger charge is -2.15. The maximum absolute atomic E-state index is 12.0. The summed E-state index contributed by atoms with van der Waals surface area (Å²) in [6.45, 7) is 4.26. The Hall–Kier alpha value is -1.99. The zero-order chi connectivity index (χ0) is 15.9. The summed E-state index contributed by atoms with van der Waals surface area (Å²) in [6, 6.07) is 5.65. The number of carbonyl (C=O) groups is 1. The van der Waals surface area contributed by atoms with Gasteiger partial charge in [-0.15, -0.1) is 0 Å². The third-order valence-corrected chi connectivity index (χ3v) is 3.87. The number of nitro groups is 1. The van der Waals surface area contributed by atoms with Gasteiger partial charge < -0.3 is 15.0 Å². The first kappa shape index (κ1) is 16.4. The highest BCUT2D eigenvalue weighted by Crippen LogP contribution is 2.15. The second kappa shape index (κ2) is 7.86. The molecule has 1 aromatic rings. The molecule has 0 saturated carbocycles. The van der Waals surface area contributed by atoms with Crippen LogP contribution in [-0.4, -0.2) is 55.6 Å². The molecule has 120 valence electrons. The van der Waals surface area contributed by atoms with Crippen molar-refractivity contribution in [2.45, 2.75) is 6.42 Å². The van der Waals surface area contributed by atoms with Gasteiger partial charge in [-0.3, -0.25) is 14.9 Å². The van der Waals surface area contributed by atoms with E-state index in [2.05, 4.69) is 10.2 Å². The first-order valence-corrected chi connectivity index (χ1v) is 7.34. The lowest BCUT2D eigenvalue weighted by Crippen LogP contribution is -2.31. The van der Waals surface area contributed by atoms with Crippen LogP contribution in [0.3, 0.4) is 0 Å². The zero-order valence-electron chi connectivity index (χ0n) is 12.7. The molecule has 0 aromatic heterocycles. The summed E-state index contributed by atoms with van der Waals surface area (Å²) >= 11 is 0. The summed E-state index contributed by atoms with van der Waals surface area (Å²) in [5.74, 6) is 0.254. The third-order valence-electron chi connectivity index (χ3n) is 3.87. The maximum Gasteiger partial charge on any atom is 0.269 e. The molecule has 1 aliphatic rings. The highest BCUT2D eigenvalue weighted by molar-refractivity contribution is 5.94. The molecule has 1 unspecified atom stereocenters. The molecule has 0 spiro atoms. The van der Waals surface area contributed by atoms with E-state index in [0.29, 0.717) is 18.0 Å². The van der Waals surface area contributed by atoms with Crippen LogP contribution in [0.1, 0.15) is 16.8 Å². The maximum atomic E-state index is 12.0. The molecule has 1 amide bonds. The minimum Gasteiger partial charge on any atom is -0.383 e. The third kappa shape index (κ3) is 4.51. The lowest BCUT2D eigenvalue weighted by atomic mass is 10.1. The quantitative estimate of drug-likeness (QED) is 0.606. The smallest absolute Gasteiger partial charge is 0.269 e. The Bertz CT molecular complexity index is 518. The van der Waals surface area contributed by atoms with Gasteiger partial charge in [0.15, 0.2) is 0 Å². The highest BCUT2D eigenvalue weighted by Gasteiger charge is 2.22. The molecule has 2 rings (SSSR count). The van der Waals surface area contributed by atoms with Gasteiger partial charge in [0.25, 0.3) is 11.6 Å². The van der Waals surface area contributed by atoms with E-state index in [1.165, 1.54) is 24.3 Å². The van der Waals surface area contributed by atoms with Crippen molar-refractivity contribution in [3.05, 3.63) is 39.9 Å². The van der Waals surface area contributed by atoms with Crippen LogP contribution in [0.15, 0.2) is 24.3 Å². The van der Waals surface area contributed by atoms with Gasteiger partial charge in [0, 0.05) is 44.4 Å². The number of amides is 1. The first-order chi connectivity index (χ1) is 10.6. The number of carbonyl (C=O) groups excluding carboxylic acids is 1. The standard InChI is InChI=1S/C15H21N3O4/c1-22-9-8-17-7-6-12(11-17)10-16-15(19)13-2-4-14(5-3-13)18(20)21/h2-5,12H,6-11H2,1H3,(H,16,19). The van der Waals surface area contributed by atoms with Crippen molar-refractivity contribution in [2.24, 2.45) is 5.92 Å². The molecule has 7 heteroatoms. The number of benzene rings is 1.